The highest BCUT2D eigenvalue weighted by Gasteiger charge is 2.31. The third-order valence-corrected chi connectivity index (χ3v) is 2.92. The molecular formula is C15H21NO. The van der Waals surface area contributed by atoms with E-state index in [1.807, 2.05) is 6.20 Å². The summed E-state index contributed by atoms with van der Waals surface area (Å²) >= 11 is 0. The Morgan fingerprint density at radius 2 is 1.65 bits per heavy atom. The number of furan rings is 1. The highest BCUT2D eigenvalue weighted by atomic mass is 16.3. The first-order chi connectivity index (χ1) is 7.71. The van der Waals surface area contributed by atoms with E-state index < -0.39 is 0 Å². The van der Waals surface area contributed by atoms with E-state index in [2.05, 4.69) is 52.6 Å². The quantitative estimate of drug-likeness (QED) is 0.670. The van der Waals surface area contributed by atoms with Crippen LogP contribution in [0.25, 0.3) is 11.0 Å². The monoisotopic (exact) mass is 231 g/mol. The largest absolute Gasteiger partial charge is 0.459 e. The minimum Gasteiger partial charge on any atom is -0.459 e. The van der Waals surface area contributed by atoms with Gasteiger partial charge >= 0.3 is 0 Å². The summed E-state index contributed by atoms with van der Waals surface area (Å²) in [6.45, 7) is 13.3. The fourth-order valence-corrected chi connectivity index (χ4v) is 2.22. The summed E-state index contributed by atoms with van der Waals surface area (Å²) in [5.41, 5.74) is 2.29. The molecule has 0 atom stereocenters. The Balaban J connectivity index is 2.84. The molecule has 0 spiro atoms. The van der Waals surface area contributed by atoms with E-state index in [1.165, 1.54) is 10.9 Å². The number of fused-ring (bicyclic) bond motifs is 1. The van der Waals surface area contributed by atoms with Crippen molar-refractivity contribution in [2.24, 2.45) is 0 Å². The minimum absolute atomic E-state index is 0.0155. The van der Waals surface area contributed by atoms with Gasteiger partial charge in [-0.05, 0) is 11.5 Å². The van der Waals surface area contributed by atoms with Crippen LogP contribution in [0.3, 0.4) is 0 Å². The van der Waals surface area contributed by atoms with Gasteiger partial charge in [0.2, 0.25) is 0 Å². The van der Waals surface area contributed by atoms with Gasteiger partial charge in [-0.15, -0.1) is 0 Å². The van der Waals surface area contributed by atoms with E-state index in [1.54, 1.807) is 6.20 Å². The third kappa shape index (κ3) is 2.08. The number of rotatable bonds is 0. The van der Waals surface area contributed by atoms with Crippen molar-refractivity contribution >= 4 is 11.0 Å². The summed E-state index contributed by atoms with van der Waals surface area (Å²) in [5.74, 6) is 1.08. The highest BCUT2D eigenvalue weighted by molar-refractivity contribution is 5.83. The van der Waals surface area contributed by atoms with Gasteiger partial charge in [0.15, 0.2) is 5.58 Å². The van der Waals surface area contributed by atoms with Gasteiger partial charge in [0.1, 0.15) is 5.76 Å². The van der Waals surface area contributed by atoms with Crippen LogP contribution in [0.5, 0.6) is 0 Å². The summed E-state index contributed by atoms with van der Waals surface area (Å²) in [5, 5.41) is 1.19. The molecule has 0 aliphatic rings. The second kappa shape index (κ2) is 3.59. The van der Waals surface area contributed by atoms with Gasteiger partial charge in [-0.1, -0.05) is 41.5 Å². The van der Waals surface area contributed by atoms with Crippen LogP contribution in [0, 0.1) is 0 Å². The normalized spacial score (nSPS) is 13.3. The zero-order chi connectivity index (χ0) is 12.8. The Morgan fingerprint density at radius 1 is 1.00 bits per heavy atom. The third-order valence-electron chi connectivity index (χ3n) is 2.92. The van der Waals surface area contributed by atoms with Crippen molar-refractivity contribution in [1.82, 2.24) is 4.98 Å². The van der Waals surface area contributed by atoms with Gasteiger partial charge in [0, 0.05) is 22.6 Å². The van der Waals surface area contributed by atoms with Gasteiger partial charge in [-0.25, -0.2) is 0 Å². The van der Waals surface area contributed by atoms with E-state index in [0.717, 1.165) is 11.3 Å². The maximum atomic E-state index is 6.03. The first kappa shape index (κ1) is 12.2. The van der Waals surface area contributed by atoms with Crippen LogP contribution >= 0.6 is 0 Å². The average Bonchev–Trinajstić information content (AvgIpc) is 2.54. The number of hydrogen-bond acceptors (Lipinski definition) is 2. The smallest absolute Gasteiger partial charge is 0.152 e. The van der Waals surface area contributed by atoms with E-state index in [4.69, 9.17) is 4.42 Å². The molecule has 92 valence electrons. The molecule has 0 bridgehead atoms. The second-order valence-electron chi connectivity index (χ2n) is 6.68. The molecule has 0 saturated heterocycles. The summed E-state index contributed by atoms with van der Waals surface area (Å²) in [7, 11) is 0. The maximum absolute atomic E-state index is 6.03. The van der Waals surface area contributed by atoms with E-state index in [9.17, 15) is 0 Å². The van der Waals surface area contributed by atoms with Gasteiger partial charge in [-0.2, -0.15) is 0 Å². The zero-order valence-electron chi connectivity index (χ0n) is 11.6. The number of aromatic nitrogens is 1. The van der Waals surface area contributed by atoms with Crippen molar-refractivity contribution in [3.63, 3.8) is 0 Å². The van der Waals surface area contributed by atoms with E-state index >= 15 is 0 Å². The Labute approximate surface area is 103 Å². The van der Waals surface area contributed by atoms with Crippen molar-refractivity contribution < 1.29 is 4.42 Å². The molecule has 0 amide bonds. The maximum Gasteiger partial charge on any atom is 0.152 e. The lowest BCUT2D eigenvalue weighted by Crippen LogP contribution is -2.20. The van der Waals surface area contributed by atoms with Gasteiger partial charge in [0.05, 0.1) is 6.20 Å². The topological polar surface area (TPSA) is 26.0 Å². The molecule has 2 heterocycles. The summed E-state index contributed by atoms with van der Waals surface area (Å²) in [4.78, 5) is 4.14. The second-order valence-corrected chi connectivity index (χ2v) is 6.68. The molecule has 0 N–H and O–H groups in total. The summed E-state index contributed by atoms with van der Waals surface area (Å²) < 4.78 is 6.03. The number of hydrogen-bond donors (Lipinski definition) is 0. The van der Waals surface area contributed by atoms with Crippen LogP contribution in [0.4, 0.5) is 0 Å². The molecule has 0 aliphatic carbocycles. The molecule has 2 heteroatoms. The Bertz CT molecular complexity index is 538. The van der Waals surface area contributed by atoms with Crippen LogP contribution in [0.1, 0.15) is 52.9 Å². The number of nitrogens with zero attached hydrogens (tertiary/aromatic N) is 1. The molecular weight excluding hydrogens is 210 g/mol. The molecule has 2 aromatic rings. The molecule has 0 radical (unpaired) electrons. The summed E-state index contributed by atoms with van der Waals surface area (Å²) in [6.07, 6.45) is 3.64. The predicted molar refractivity (Wildman–Crippen MR) is 71.4 cm³/mol. The van der Waals surface area contributed by atoms with Crippen molar-refractivity contribution in [3.8, 4) is 0 Å². The van der Waals surface area contributed by atoms with Crippen LogP contribution < -0.4 is 0 Å². The van der Waals surface area contributed by atoms with Gasteiger partial charge < -0.3 is 4.42 Å². The minimum atomic E-state index is 0.0155. The molecule has 2 aromatic heterocycles. The SMILES string of the molecule is CC(C)(C)c1oc2cnccc2c1C(C)(C)C. The fraction of sp³-hybridized carbons (Fsp3) is 0.533. The number of pyridine rings is 1. The zero-order valence-corrected chi connectivity index (χ0v) is 11.6. The molecule has 17 heavy (non-hydrogen) atoms. The first-order valence-corrected chi connectivity index (χ1v) is 6.09. The van der Waals surface area contributed by atoms with Gasteiger partial charge in [-0.3, -0.25) is 4.98 Å². The lowest BCUT2D eigenvalue weighted by molar-refractivity contribution is 0.409. The van der Waals surface area contributed by atoms with Gasteiger partial charge in [0.25, 0.3) is 0 Å². The van der Waals surface area contributed by atoms with Crippen LogP contribution in [0.15, 0.2) is 22.9 Å². The molecule has 2 rings (SSSR count). The Hall–Kier alpha value is -1.31. The first-order valence-electron chi connectivity index (χ1n) is 6.09. The Morgan fingerprint density at radius 3 is 2.18 bits per heavy atom. The fourth-order valence-electron chi connectivity index (χ4n) is 2.22. The van der Waals surface area contributed by atoms with Crippen molar-refractivity contribution in [2.75, 3.05) is 0 Å². The highest BCUT2D eigenvalue weighted by Crippen LogP contribution is 2.40. The van der Waals surface area contributed by atoms with E-state index in [-0.39, 0.29) is 10.8 Å². The molecule has 0 saturated carbocycles. The molecule has 0 aliphatic heterocycles. The molecule has 0 aromatic carbocycles. The lowest BCUT2D eigenvalue weighted by atomic mass is 9.79. The summed E-state index contributed by atoms with van der Waals surface area (Å²) in [6, 6.07) is 2.05. The molecule has 0 fully saturated rings. The van der Waals surface area contributed by atoms with Crippen LogP contribution in [-0.4, -0.2) is 4.98 Å². The Kier molecular flexibility index (Phi) is 2.57. The average molecular weight is 231 g/mol. The predicted octanol–water partition coefficient (Wildman–Crippen LogP) is 4.42. The van der Waals surface area contributed by atoms with Crippen molar-refractivity contribution in [2.45, 2.75) is 52.4 Å². The van der Waals surface area contributed by atoms with E-state index in [0.29, 0.717) is 0 Å². The van der Waals surface area contributed by atoms with Crippen LogP contribution in [0.2, 0.25) is 0 Å². The molecule has 2 nitrogen and oxygen atoms in total. The molecule has 0 unspecified atom stereocenters. The lowest BCUT2D eigenvalue weighted by Gasteiger charge is -2.25. The van der Waals surface area contributed by atoms with Crippen molar-refractivity contribution in [1.29, 1.82) is 0 Å². The van der Waals surface area contributed by atoms with Crippen molar-refractivity contribution in [3.05, 3.63) is 29.8 Å². The standard InChI is InChI=1S/C15H21NO/c1-14(2,3)12-10-7-8-16-9-11(10)17-13(12)15(4,5)6/h7-9H,1-6H3. The van der Waals surface area contributed by atoms with Crippen LogP contribution in [-0.2, 0) is 10.8 Å².